The van der Waals surface area contributed by atoms with Gasteiger partial charge in [0.05, 0.1) is 0 Å². The molecule has 7 heteroatoms. The molecule has 0 atom stereocenters. The first-order chi connectivity index (χ1) is 2.00. The zero-order valence-corrected chi connectivity index (χ0v) is 4.87. The van der Waals surface area contributed by atoms with Crippen molar-refractivity contribution in [3.05, 3.63) is 0 Å². The summed E-state index contributed by atoms with van der Waals surface area (Å²) in [4.78, 5) is 0. The van der Waals surface area contributed by atoms with Crippen LogP contribution in [0.1, 0.15) is 0 Å². The quantitative estimate of drug-likeness (QED) is 0.423. The first-order valence-corrected chi connectivity index (χ1v) is 2.10. The topological polar surface area (TPSA) is 110 Å². The summed E-state index contributed by atoms with van der Waals surface area (Å²) in [5, 5.41) is 0. The molecule has 0 unspecified atom stereocenters. The van der Waals surface area contributed by atoms with E-state index in [9.17, 15) is 0 Å². The number of hydrogen-bond acceptors (Lipinski definition) is 3. The van der Waals surface area contributed by atoms with Crippen LogP contribution in [-0.4, -0.2) is 17.5 Å². The molecule has 0 saturated heterocycles. The average Bonchev–Trinajstić information content (AvgIpc) is 0.722. The van der Waals surface area contributed by atoms with Gasteiger partial charge >= 0.3 is 10.4 Å². The molecule has 5 N–H and O–H groups in total. The summed E-state index contributed by atoms with van der Waals surface area (Å²) in [6.45, 7) is 0. The predicted octanol–water partition coefficient (Wildman–Crippen LogP) is 0.157. The fraction of sp³-hybridized carbons (Fsp3) is 0. The van der Waals surface area contributed by atoms with E-state index < -0.39 is 10.4 Å². The highest BCUT2D eigenvalue weighted by Gasteiger charge is 1.84. The Morgan fingerprint density at radius 3 is 1.14 bits per heavy atom. The van der Waals surface area contributed by atoms with Gasteiger partial charge in [-0.1, -0.05) is 0 Å². The molecule has 0 heterocycles. The van der Waals surface area contributed by atoms with Gasteiger partial charge in [-0.15, -0.1) is 0 Å². The SMILES string of the molecule is N.O=S(=O)(O)O.[S]. The normalized spacial score (nSPS) is 8.29. The lowest BCUT2D eigenvalue weighted by Crippen LogP contribution is -1.89. The van der Waals surface area contributed by atoms with Gasteiger partial charge in [-0.2, -0.15) is 8.42 Å². The van der Waals surface area contributed by atoms with E-state index in [-0.39, 0.29) is 19.6 Å². The largest absolute Gasteiger partial charge is 0.394 e. The molecule has 0 rings (SSSR count). The molecule has 0 bridgehead atoms. The van der Waals surface area contributed by atoms with E-state index in [2.05, 4.69) is 0 Å². The Morgan fingerprint density at radius 2 is 1.14 bits per heavy atom. The van der Waals surface area contributed by atoms with E-state index in [1.807, 2.05) is 0 Å². The van der Waals surface area contributed by atoms with E-state index in [1.165, 1.54) is 0 Å². The highest BCUT2D eigenvalue weighted by molar-refractivity contribution is 7.79. The maximum absolute atomic E-state index is 8.74. The van der Waals surface area contributed by atoms with Gasteiger partial charge in [0.25, 0.3) is 0 Å². The second-order valence-electron chi connectivity index (χ2n) is 0.448. The molecule has 0 amide bonds. The summed E-state index contributed by atoms with van der Waals surface area (Å²) in [6.07, 6.45) is 0. The highest BCUT2D eigenvalue weighted by atomic mass is 32.3. The molecule has 5 nitrogen and oxygen atoms in total. The minimum Gasteiger partial charge on any atom is -0.344 e. The van der Waals surface area contributed by atoms with Gasteiger partial charge in [-0.3, -0.25) is 9.11 Å². The fourth-order valence-electron chi connectivity index (χ4n) is 0. The van der Waals surface area contributed by atoms with Gasteiger partial charge in [0.1, 0.15) is 0 Å². The molecular formula is H5NO4S2. The molecular weight excluding hydrogens is 142 g/mol. The lowest BCUT2D eigenvalue weighted by molar-refractivity contribution is 0.381. The summed E-state index contributed by atoms with van der Waals surface area (Å²) in [6, 6.07) is 0. The molecule has 46 valence electrons. The van der Waals surface area contributed by atoms with Crippen molar-refractivity contribution in [1.82, 2.24) is 6.15 Å². The van der Waals surface area contributed by atoms with Crippen LogP contribution in [0.5, 0.6) is 0 Å². The summed E-state index contributed by atoms with van der Waals surface area (Å²) in [5.41, 5.74) is 0. The minimum atomic E-state index is -4.67. The minimum absolute atomic E-state index is 0. The zero-order chi connectivity index (χ0) is 4.50. The van der Waals surface area contributed by atoms with Crippen LogP contribution in [0.15, 0.2) is 0 Å². The van der Waals surface area contributed by atoms with Crippen LogP contribution in [0.25, 0.3) is 0 Å². The second-order valence-corrected chi connectivity index (χ2v) is 1.34. The molecule has 0 spiro atoms. The van der Waals surface area contributed by atoms with Crippen LogP contribution in [0.4, 0.5) is 0 Å². The summed E-state index contributed by atoms with van der Waals surface area (Å²) >= 11 is 0. The first-order valence-electron chi connectivity index (χ1n) is 0.698. The molecule has 0 aromatic rings. The van der Waals surface area contributed by atoms with Crippen molar-refractivity contribution in [2.45, 2.75) is 0 Å². The van der Waals surface area contributed by atoms with Crippen LogP contribution >= 0.6 is 13.5 Å². The lowest BCUT2D eigenvalue weighted by Gasteiger charge is -1.68. The summed E-state index contributed by atoms with van der Waals surface area (Å²) in [7, 11) is -4.67. The van der Waals surface area contributed by atoms with Crippen molar-refractivity contribution in [3.63, 3.8) is 0 Å². The lowest BCUT2D eigenvalue weighted by atomic mass is 14.0. The predicted molar refractivity (Wildman–Crippen MR) is 26.8 cm³/mol. The van der Waals surface area contributed by atoms with Gasteiger partial charge in [-0.25, -0.2) is 0 Å². The van der Waals surface area contributed by atoms with E-state index in [1.54, 1.807) is 0 Å². The molecule has 7 heavy (non-hydrogen) atoms. The fourth-order valence-corrected chi connectivity index (χ4v) is 0. The standard InChI is InChI=1S/H3N.H2O4S.S/c;1-5(2,3)4;/h1H3;(H2,1,2,3,4);. The number of rotatable bonds is 0. The molecule has 0 aromatic heterocycles. The third kappa shape index (κ3) is 3330. The van der Waals surface area contributed by atoms with Crippen molar-refractivity contribution < 1.29 is 17.5 Å². The Labute approximate surface area is 48.3 Å². The monoisotopic (exact) mass is 147 g/mol. The Kier molecular flexibility index (Phi) is 9.73. The maximum Gasteiger partial charge on any atom is 0.394 e. The van der Waals surface area contributed by atoms with Gasteiger partial charge < -0.3 is 6.15 Å². The third-order valence-electron chi connectivity index (χ3n) is 0. The van der Waals surface area contributed by atoms with Crippen LogP contribution in [-0.2, 0) is 10.4 Å². The van der Waals surface area contributed by atoms with Crippen LogP contribution < -0.4 is 6.15 Å². The van der Waals surface area contributed by atoms with Gasteiger partial charge in [0, 0.05) is 13.5 Å². The molecule has 0 aromatic carbocycles. The van der Waals surface area contributed by atoms with E-state index in [0.29, 0.717) is 0 Å². The smallest absolute Gasteiger partial charge is 0.344 e. The van der Waals surface area contributed by atoms with Crippen molar-refractivity contribution in [2.75, 3.05) is 0 Å². The van der Waals surface area contributed by atoms with Crippen molar-refractivity contribution in [2.24, 2.45) is 0 Å². The Morgan fingerprint density at radius 1 is 1.14 bits per heavy atom. The van der Waals surface area contributed by atoms with Crippen LogP contribution in [0.3, 0.4) is 0 Å². The third-order valence-corrected chi connectivity index (χ3v) is 0. The van der Waals surface area contributed by atoms with Gasteiger partial charge in [0.2, 0.25) is 0 Å². The molecule has 0 aliphatic rings. The Bertz CT molecular complexity index is 92.9. The van der Waals surface area contributed by atoms with Gasteiger partial charge in [0.15, 0.2) is 0 Å². The molecule has 0 aliphatic carbocycles. The Hall–Kier alpha value is 0.180. The van der Waals surface area contributed by atoms with Crippen LogP contribution in [0.2, 0.25) is 0 Å². The summed E-state index contributed by atoms with van der Waals surface area (Å²) in [5.74, 6) is 0. The maximum atomic E-state index is 8.74. The summed E-state index contributed by atoms with van der Waals surface area (Å²) < 4.78 is 31.6. The van der Waals surface area contributed by atoms with Crippen molar-refractivity contribution >= 4 is 23.9 Å². The molecule has 0 aliphatic heterocycles. The Balaban J connectivity index is -0.0000000800. The van der Waals surface area contributed by atoms with Gasteiger partial charge in [-0.05, 0) is 0 Å². The van der Waals surface area contributed by atoms with E-state index >= 15 is 0 Å². The highest BCUT2D eigenvalue weighted by Crippen LogP contribution is 1.59. The number of hydrogen-bond donors (Lipinski definition) is 3. The van der Waals surface area contributed by atoms with Crippen LogP contribution in [0, 0.1) is 0 Å². The van der Waals surface area contributed by atoms with Crippen molar-refractivity contribution in [3.8, 4) is 0 Å². The van der Waals surface area contributed by atoms with E-state index in [0.717, 1.165) is 0 Å². The molecule has 0 fully saturated rings. The molecule has 2 radical (unpaired) electrons. The zero-order valence-electron chi connectivity index (χ0n) is 3.23. The first kappa shape index (κ1) is 15.7. The second kappa shape index (κ2) is 4.34. The molecule has 0 saturated carbocycles. The van der Waals surface area contributed by atoms with E-state index in [4.69, 9.17) is 17.5 Å². The van der Waals surface area contributed by atoms with Crippen molar-refractivity contribution in [1.29, 1.82) is 0 Å². The average molecular weight is 147 g/mol.